The number of aromatic nitrogens is 2. The first-order valence-corrected chi connectivity index (χ1v) is 7.61. The first-order valence-electron chi connectivity index (χ1n) is 7.61. The van der Waals surface area contributed by atoms with E-state index in [0.717, 1.165) is 41.5 Å². The van der Waals surface area contributed by atoms with Crippen LogP contribution in [0.3, 0.4) is 0 Å². The van der Waals surface area contributed by atoms with Gasteiger partial charge in [-0.15, -0.1) is 0 Å². The summed E-state index contributed by atoms with van der Waals surface area (Å²) in [5.41, 5.74) is 4.26. The van der Waals surface area contributed by atoms with Gasteiger partial charge in [0.25, 0.3) is 0 Å². The quantitative estimate of drug-likeness (QED) is 0.778. The van der Waals surface area contributed by atoms with Crippen molar-refractivity contribution in [2.45, 2.75) is 6.42 Å². The highest BCUT2D eigenvalue weighted by Gasteiger charge is 2.25. The maximum Gasteiger partial charge on any atom is 0.127 e. The van der Waals surface area contributed by atoms with Crippen LogP contribution in [0.15, 0.2) is 59.2 Å². The minimum Gasteiger partial charge on any atom is -0.358 e. The molecule has 3 N–H and O–H groups in total. The molecule has 114 valence electrons. The summed E-state index contributed by atoms with van der Waals surface area (Å²) in [6.07, 6.45) is 14.6. The largest absolute Gasteiger partial charge is 0.358 e. The number of fused-ring (bicyclic) bond motifs is 1. The molecule has 2 aliphatic heterocycles. The van der Waals surface area contributed by atoms with E-state index in [0.29, 0.717) is 5.92 Å². The lowest BCUT2D eigenvalue weighted by Crippen LogP contribution is -2.27. The molecule has 4 rings (SSSR count). The zero-order valence-electron chi connectivity index (χ0n) is 12.5. The molecule has 0 fully saturated rings. The zero-order chi connectivity index (χ0) is 15.6. The van der Waals surface area contributed by atoms with Gasteiger partial charge in [0, 0.05) is 40.8 Å². The van der Waals surface area contributed by atoms with Gasteiger partial charge >= 0.3 is 0 Å². The molecule has 2 atom stereocenters. The van der Waals surface area contributed by atoms with Crippen LogP contribution in [0.2, 0.25) is 0 Å². The van der Waals surface area contributed by atoms with Gasteiger partial charge in [-0.2, -0.15) is 10.4 Å². The Morgan fingerprint density at radius 3 is 3.09 bits per heavy atom. The first-order chi connectivity index (χ1) is 11.3. The minimum absolute atomic E-state index is 0.0187. The molecule has 3 heterocycles. The topological polar surface area (TPSA) is 88.9 Å². The predicted octanol–water partition coefficient (Wildman–Crippen LogP) is 1.84. The highest BCUT2D eigenvalue weighted by atomic mass is 15.1. The fourth-order valence-corrected chi connectivity index (χ4v) is 2.86. The van der Waals surface area contributed by atoms with Crippen LogP contribution in [0, 0.1) is 23.2 Å². The monoisotopic (exact) mass is 304 g/mol. The standard InChI is InChI=1S/C17H16N6/c18-7-11-1-3-14(4-2-11)22-17-6-16-12(8-19-17)5-15(23-16)13-9-20-21-10-13/h1,3-6,9-12,23H,2,8H2,(H,19,22)(H,20,21). The molecule has 0 spiro atoms. The molecular formula is C17H16N6. The van der Waals surface area contributed by atoms with E-state index in [1.54, 1.807) is 6.20 Å². The average Bonchev–Trinajstić information content (AvgIpc) is 3.24. The molecule has 0 saturated heterocycles. The summed E-state index contributed by atoms with van der Waals surface area (Å²) in [5.74, 6) is 1.12. The van der Waals surface area contributed by atoms with Gasteiger partial charge in [0.05, 0.1) is 24.7 Å². The Balaban J connectivity index is 1.44. The average molecular weight is 304 g/mol. The van der Waals surface area contributed by atoms with Gasteiger partial charge in [0.1, 0.15) is 5.84 Å². The van der Waals surface area contributed by atoms with Gasteiger partial charge in [-0.1, -0.05) is 12.2 Å². The van der Waals surface area contributed by atoms with Gasteiger partial charge in [-0.3, -0.25) is 10.1 Å². The maximum absolute atomic E-state index is 8.90. The number of dihydropyridines is 1. The van der Waals surface area contributed by atoms with Crippen LogP contribution >= 0.6 is 0 Å². The lowest BCUT2D eigenvalue weighted by Gasteiger charge is -2.19. The normalized spacial score (nSPS) is 25.3. The molecule has 6 nitrogen and oxygen atoms in total. The molecule has 23 heavy (non-hydrogen) atoms. The lowest BCUT2D eigenvalue weighted by molar-refractivity contribution is 0.746. The summed E-state index contributed by atoms with van der Waals surface area (Å²) in [7, 11) is 0. The summed E-state index contributed by atoms with van der Waals surface area (Å²) in [5, 5.41) is 22.5. The number of rotatable bonds is 2. The Kier molecular flexibility index (Phi) is 3.31. The van der Waals surface area contributed by atoms with Crippen LogP contribution in [0.5, 0.6) is 0 Å². The Labute approximate surface area is 134 Å². The van der Waals surface area contributed by atoms with E-state index in [4.69, 9.17) is 5.26 Å². The highest BCUT2D eigenvalue weighted by Crippen LogP contribution is 2.28. The van der Waals surface area contributed by atoms with Gasteiger partial charge in [0.2, 0.25) is 0 Å². The second-order valence-corrected chi connectivity index (χ2v) is 5.74. The summed E-state index contributed by atoms with van der Waals surface area (Å²) in [4.78, 5) is 4.60. The van der Waals surface area contributed by atoms with Crippen LogP contribution in [-0.2, 0) is 0 Å². The van der Waals surface area contributed by atoms with Gasteiger partial charge in [-0.25, -0.2) is 0 Å². The molecule has 0 saturated carbocycles. The smallest absolute Gasteiger partial charge is 0.127 e. The Hall–Kier alpha value is -3.07. The third-order valence-electron chi connectivity index (χ3n) is 4.14. The zero-order valence-corrected chi connectivity index (χ0v) is 12.5. The van der Waals surface area contributed by atoms with Crippen LogP contribution < -0.4 is 10.6 Å². The third kappa shape index (κ3) is 2.69. The van der Waals surface area contributed by atoms with Gasteiger partial charge < -0.3 is 10.6 Å². The van der Waals surface area contributed by atoms with E-state index in [1.165, 1.54) is 0 Å². The number of hydrogen-bond acceptors (Lipinski definition) is 5. The second kappa shape index (κ2) is 5.61. The molecular weight excluding hydrogens is 288 g/mol. The van der Waals surface area contributed by atoms with Crippen molar-refractivity contribution in [3.05, 3.63) is 59.7 Å². The number of aromatic amines is 1. The van der Waals surface area contributed by atoms with Crippen LogP contribution in [0.1, 0.15) is 12.0 Å². The summed E-state index contributed by atoms with van der Waals surface area (Å²) in [6.45, 7) is 0.723. The van der Waals surface area contributed by atoms with E-state index >= 15 is 0 Å². The third-order valence-corrected chi connectivity index (χ3v) is 4.14. The van der Waals surface area contributed by atoms with E-state index in [9.17, 15) is 0 Å². The van der Waals surface area contributed by atoms with Crippen LogP contribution in [0.25, 0.3) is 5.70 Å². The number of allylic oxidation sites excluding steroid dienone is 3. The molecule has 1 aromatic heterocycles. The molecule has 0 amide bonds. The fourth-order valence-electron chi connectivity index (χ4n) is 2.86. The first kappa shape index (κ1) is 13.6. The van der Waals surface area contributed by atoms with Crippen molar-refractivity contribution < 1.29 is 0 Å². The molecule has 1 aliphatic carbocycles. The molecule has 2 unspecified atom stereocenters. The van der Waals surface area contributed by atoms with Crippen LogP contribution in [-0.4, -0.2) is 22.6 Å². The van der Waals surface area contributed by atoms with Crippen molar-refractivity contribution in [2.24, 2.45) is 16.8 Å². The fraction of sp³-hybridized carbons (Fsp3) is 0.235. The summed E-state index contributed by atoms with van der Waals surface area (Å²) >= 11 is 0. The van der Waals surface area contributed by atoms with Crippen molar-refractivity contribution in [3.8, 4) is 6.07 Å². The van der Waals surface area contributed by atoms with Gasteiger partial charge in [-0.05, 0) is 18.6 Å². The van der Waals surface area contributed by atoms with E-state index in [-0.39, 0.29) is 5.92 Å². The van der Waals surface area contributed by atoms with Crippen molar-refractivity contribution in [1.29, 1.82) is 5.26 Å². The lowest BCUT2D eigenvalue weighted by atomic mass is 10.0. The second-order valence-electron chi connectivity index (χ2n) is 5.74. The SMILES string of the molecule is N#CC1C=CC(NC2=NCC3C=C(c4cn[nH]c4)NC3=C2)=CC1. The van der Waals surface area contributed by atoms with E-state index in [1.807, 2.05) is 30.5 Å². The summed E-state index contributed by atoms with van der Waals surface area (Å²) in [6, 6.07) is 2.25. The van der Waals surface area contributed by atoms with Crippen molar-refractivity contribution in [2.75, 3.05) is 6.54 Å². The molecule has 0 bridgehead atoms. The number of nitrogens with one attached hydrogen (secondary N) is 3. The maximum atomic E-state index is 8.90. The number of amidine groups is 1. The van der Waals surface area contributed by atoms with Crippen molar-refractivity contribution in [1.82, 2.24) is 20.8 Å². The Morgan fingerprint density at radius 2 is 2.35 bits per heavy atom. The van der Waals surface area contributed by atoms with E-state index in [2.05, 4.69) is 38.0 Å². The van der Waals surface area contributed by atoms with Crippen LogP contribution in [0.4, 0.5) is 0 Å². The number of H-pyrrole nitrogens is 1. The molecule has 0 radical (unpaired) electrons. The minimum atomic E-state index is -0.0187. The number of hydrogen-bond donors (Lipinski definition) is 3. The number of aliphatic imine (C=N–C) groups is 1. The van der Waals surface area contributed by atoms with E-state index < -0.39 is 0 Å². The van der Waals surface area contributed by atoms with Gasteiger partial charge in [0.15, 0.2) is 0 Å². The number of nitrogens with zero attached hydrogens (tertiary/aromatic N) is 3. The molecule has 3 aliphatic rings. The highest BCUT2D eigenvalue weighted by molar-refractivity contribution is 5.96. The number of nitriles is 1. The molecule has 6 heteroatoms. The Bertz CT molecular complexity index is 801. The Morgan fingerprint density at radius 1 is 1.39 bits per heavy atom. The van der Waals surface area contributed by atoms with Crippen molar-refractivity contribution >= 4 is 11.5 Å². The predicted molar refractivity (Wildman–Crippen MR) is 87.7 cm³/mol. The summed E-state index contributed by atoms with van der Waals surface area (Å²) < 4.78 is 0. The molecule has 0 aromatic carbocycles. The van der Waals surface area contributed by atoms with Crippen molar-refractivity contribution in [3.63, 3.8) is 0 Å². The molecule has 1 aromatic rings.